The van der Waals surface area contributed by atoms with Crippen molar-refractivity contribution in [2.24, 2.45) is 16.7 Å². The normalized spacial score (nSPS) is 28.4. The zero-order valence-electron chi connectivity index (χ0n) is 18.4. The molecule has 142 valence electrons. The monoisotopic (exact) mass is 327 g/mol. The molecule has 0 radical (unpaired) electrons. The first-order valence-electron chi connectivity index (χ1n) is 10.6. The lowest BCUT2D eigenvalue weighted by Gasteiger charge is -2.41. The Morgan fingerprint density at radius 2 is 1.39 bits per heavy atom. The van der Waals surface area contributed by atoms with E-state index >= 15 is 0 Å². The summed E-state index contributed by atoms with van der Waals surface area (Å²) in [7, 11) is 0. The number of nitrogens with zero attached hydrogens (tertiary/aromatic N) is 1. The van der Waals surface area contributed by atoms with E-state index in [-0.39, 0.29) is 0 Å². The SMILES string of the molecule is CC.CC.CCCCCN1CC(C)(CC)C(C)(CC(C)CC)C1. The molecule has 1 saturated heterocycles. The van der Waals surface area contributed by atoms with E-state index in [4.69, 9.17) is 0 Å². The average molecular weight is 328 g/mol. The van der Waals surface area contributed by atoms with Crippen LogP contribution in [0, 0.1) is 16.7 Å². The van der Waals surface area contributed by atoms with Gasteiger partial charge in [-0.1, -0.05) is 88.5 Å². The number of likely N-dealkylation sites (tertiary alicyclic amines) is 1. The molecule has 1 heterocycles. The third kappa shape index (κ3) is 7.59. The molecule has 0 aliphatic carbocycles. The van der Waals surface area contributed by atoms with E-state index in [9.17, 15) is 0 Å². The fourth-order valence-corrected chi connectivity index (χ4v) is 3.93. The Morgan fingerprint density at radius 1 is 0.870 bits per heavy atom. The fraction of sp³-hybridized carbons (Fsp3) is 1.00. The van der Waals surface area contributed by atoms with Gasteiger partial charge in [0, 0.05) is 13.1 Å². The molecule has 1 nitrogen and oxygen atoms in total. The largest absolute Gasteiger partial charge is 0.302 e. The van der Waals surface area contributed by atoms with Crippen molar-refractivity contribution in [2.75, 3.05) is 19.6 Å². The summed E-state index contributed by atoms with van der Waals surface area (Å²) < 4.78 is 0. The quantitative estimate of drug-likeness (QED) is 0.420. The summed E-state index contributed by atoms with van der Waals surface area (Å²) in [6.45, 7) is 26.5. The van der Waals surface area contributed by atoms with E-state index in [2.05, 4.69) is 46.4 Å². The average Bonchev–Trinajstić information content (AvgIpc) is 2.82. The molecule has 0 aromatic carbocycles. The molecule has 1 fully saturated rings. The van der Waals surface area contributed by atoms with Crippen LogP contribution in [0.1, 0.15) is 108 Å². The van der Waals surface area contributed by atoms with Crippen LogP contribution in [-0.2, 0) is 0 Å². The van der Waals surface area contributed by atoms with Crippen LogP contribution in [0.5, 0.6) is 0 Å². The first kappa shape index (κ1) is 25.2. The van der Waals surface area contributed by atoms with Gasteiger partial charge in [0.2, 0.25) is 0 Å². The highest BCUT2D eigenvalue weighted by Gasteiger charge is 2.50. The van der Waals surface area contributed by atoms with Gasteiger partial charge in [-0.2, -0.15) is 0 Å². The maximum Gasteiger partial charge on any atom is 0.00414 e. The predicted molar refractivity (Wildman–Crippen MR) is 109 cm³/mol. The molecule has 0 saturated carbocycles. The van der Waals surface area contributed by atoms with Crippen molar-refractivity contribution >= 4 is 0 Å². The van der Waals surface area contributed by atoms with Gasteiger partial charge in [0.1, 0.15) is 0 Å². The van der Waals surface area contributed by atoms with Crippen molar-refractivity contribution in [3.63, 3.8) is 0 Å². The molecule has 23 heavy (non-hydrogen) atoms. The van der Waals surface area contributed by atoms with Crippen molar-refractivity contribution in [3.8, 4) is 0 Å². The second-order valence-electron chi connectivity index (χ2n) is 7.61. The summed E-state index contributed by atoms with van der Waals surface area (Å²) >= 11 is 0. The first-order valence-corrected chi connectivity index (χ1v) is 10.6. The van der Waals surface area contributed by atoms with E-state index in [0.717, 1.165) is 5.92 Å². The molecule has 0 N–H and O–H groups in total. The summed E-state index contributed by atoms with van der Waals surface area (Å²) in [5.74, 6) is 0.867. The lowest BCUT2D eigenvalue weighted by molar-refractivity contribution is 0.0969. The Kier molecular flexibility index (Phi) is 14.5. The molecule has 3 atom stereocenters. The summed E-state index contributed by atoms with van der Waals surface area (Å²) in [5.41, 5.74) is 1.03. The molecular weight excluding hydrogens is 278 g/mol. The molecule has 1 heteroatoms. The summed E-state index contributed by atoms with van der Waals surface area (Å²) in [5, 5.41) is 0. The van der Waals surface area contributed by atoms with Crippen LogP contribution < -0.4 is 0 Å². The zero-order valence-corrected chi connectivity index (χ0v) is 18.4. The van der Waals surface area contributed by atoms with Gasteiger partial charge in [0.05, 0.1) is 0 Å². The molecule has 3 unspecified atom stereocenters. The van der Waals surface area contributed by atoms with E-state index in [1.807, 2.05) is 27.7 Å². The lowest BCUT2D eigenvalue weighted by Crippen LogP contribution is -2.37. The topological polar surface area (TPSA) is 3.24 Å². The van der Waals surface area contributed by atoms with E-state index in [0.29, 0.717) is 10.8 Å². The van der Waals surface area contributed by atoms with Gasteiger partial charge >= 0.3 is 0 Å². The molecule has 0 amide bonds. The first-order chi connectivity index (χ1) is 10.9. The van der Waals surface area contributed by atoms with Crippen LogP contribution in [0.2, 0.25) is 0 Å². The van der Waals surface area contributed by atoms with Crippen LogP contribution in [0.4, 0.5) is 0 Å². The maximum absolute atomic E-state index is 2.75. The fourth-order valence-electron chi connectivity index (χ4n) is 3.93. The van der Waals surface area contributed by atoms with Crippen molar-refractivity contribution < 1.29 is 0 Å². The summed E-state index contributed by atoms with van der Waals surface area (Å²) in [6.07, 6.45) is 8.16. The van der Waals surface area contributed by atoms with Gasteiger partial charge in [-0.15, -0.1) is 0 Å². The second-order valence-corrected chi connectivity index (χ2v) is 7.61. The molecule has 1 aliphatic rings. The smallest absolute Gasteiger partial charge is 0.00414 e. The number of hydrogen-bond donors (Lipinski definition) is 0. The number of hydrogen-bond acceptors (Lipinski definition) is 1. The maximum atomic E-state index is 2.75. The Balaban J connectivity index is 0. The van der Waals surface area contributed by atoms with Gasteiger partial charge in [-0.3, -0.25) is 0 Å². The minimum Gasteiger partial charge on any atom is -0.302 e. The highest BCUT2D eigenvalue weighted by atomic mass is 15.2. The van der Waals surface area contributed by atoms with Crippen molar-refractivity contribution in [2.45, 2.75) is 108 Å². The van der Waals surface area contributed by atoms with Crippen LogP contribution in [0.15, 0.2) is 0 Å². The Labute approximate surface area is 149 Å². The van der Waals surface area contributed by atoms with Crippen LogP contribution in [0.25, 0.3) is 0 Å². The predicted octanol–water partition coefficient (Wildman–Crippen LogP) is 7.40. The highest BCUT2D eigenvalue weighted by Crippen LogP contribution is 2.52. The van der Waals surface area contributed by atoms with Gasteiger partial charge in [-0.25, -0.2) is 0 Å². The van der Waals surface area contributed by atoms with Gasteiger partial charge in [0.15, 0.2) is 0 Å². The highest BCUT2D eigenvalue weighted by molar-refractivity contribution is 5.01. The lowest BCUT2D eigenvalue weighted by atomic mass is 9.63. The van der Waals surface area contributed by atoms with Crippen LogP contribution in [0.3, 0.4) is 0 Å². The Morgan fingerprint density at radius 3 is 1.83 bits per heavy atom. The minimum absolute atomic E-state index is 0.517. The van der Waals surface area contributed by atoms with Crippen LogP contribution >= 0.6 is 0 Å². The minimum atomic E-state index is 0.517. The third-order valence-corrected chi connectivity index (χ3v) is 5.96. The molecule has 0 spiro atoms. The Bertz CT molecular complexity index is 263. The second kappa shape index (κ2) is 13.3. The Hall–Kier alpha value is -0.0400. The van der Waals surface area contributed by atoms with Crippen molar-refractivity contribution in [1.29, 1.82) is 0 Å². The van der Waals surface area contributed by atoms with Crippen molar-refractivity contribution in [1.82, 2.24) is 4.90 Å². The zero-order chi connectivity index (χ0) is 18.5. The summed E-state index contributed by atoms with van der Waals surface area (Å²) in [6, 6.07) is 0. The van der Waals surface area contributed by atoms with Crippen LogP contribution in [-0.4, -0.2) is 24.5 Å². The van der Waals surface area contributed by atoms with Gasteiger partial charge in [0.25, 0.3) is 0 Å². The molecular formula is C22H49N. The third-order valence-electron chi connectivity index (χ3n) is 5.96. The molecule has 0 aromatic rings. The molecule has 0 bridgehead atoms. The molecule has 1 rings (SSSR count). The van der Waals surface area contributed by atoms with E-state index < -0.39 is 0 Å². The number of rotatable bonds is 8. The summed E-state index contributed by atoms with van der Waals surface area (Å²) in [4.78, 5) is 2.75. The number of unbranched alkanes of at least 4 members (excludes halogenated alkanes) is 2. The van der Waals surface area contributed by atoms with E-state index in [1.54, 1.807) is 0 Å². The molecule has 1 aliphatic heterocycles. The van der Waals surface area contributed by atoms with E-state index in [1.165, 1.54) is 58.2 Å². The van der Waals surface area contributed by atoms with Crippen molar-refractivity contribution in [3.05, 3.63) is 0 Å². The van der Waals surface area contributed by atoms with Gasteiger partial charge < -0.3 is 4.90 Å². The van der Waals surface area contributed by atoms with Gasteiger partial charge in [-0.05, 0) is 42.6 Å². The standard InChI is InChI=1S/C18H37N.2C2H6/c1-7-10-11-12-19-14-17(5,9-3)18(6,15-19)13-16(4)8-2;2*1-2/h16H,7-15H2,1-6H3;2*1-2H3. The molecule has 0 aromatic heterocycles.